The lowest BCUT2D eigenvalue weighted by Gasteiger charge is -2.52. The van der Waals surface area contributed by atoms with Crippen molar-refractivity contribution in [2.75, 3.05) is 0 Å². The molecule has 6 saturated carbocycles. The molecule has 0 aromatic heterocycles. The number of hydrazine groups is 4. The van der Waals surface area contributed by atoms with Crippen molar-refractivity contribution in [3.05, 3.63) is 0 Å². The van der Waals surface area contributed by atoms with E-state index in [-0.39, 0.29) is 18.2 Å². The summed E-state index contributed by atoms with van der Waals surface area (Å²) in [5.74, 6) is 0.363. The molecule has 0 bridgehead atoms. The van der Waals surface area contributed by atoms with Crippen molar-refractivity contribution in [2.45, 2.75) is 225 Å². The first-order valence-electron chi connectivity index (χ1n) is 20.8. The Labute approximate surface area is 293 Å². The minimum absolute atomic E-state index is 0.135. The minimum Gasteiger partial charge on any atom is -0.393 e. The van der Waals surface area contributed by atoms with Crippen LogP contribution in [0.15, 0.2) is 0 Å². The number of fused-ring (bicyclic) bond motifs is 3. The standard InChI is InChI=1S/C37H66N8O2S/c46-34-21-25(17-19-27(34)37-38-32-11-5-6-12-36(32)48-37)43(23-13-15-24(16-14-23)44-39-28-7-1-2-8-29(28)40-44)26-18-20-33(35(47)22-26)45-41-30-9-3-4-10-31(30)42-45/h23-42,46-47H,1-22H2. The van der Waals surface area contributed by atoms with Gasteiger partial charge in [0.1, 0.15) is 0 Å². The number of hydrogen-bond acceptors (Lipinski definition) is 11. The quantitative estimate of drug-likeness (QED) is 0.223. The van der Waals surface area contributed by atoms with Gasteiger partial charge in [-0.1, -0.05) is 38.5 Å². The largest absolute Gasteiger partial charge is 0.393 e. The number of aliphatic hydroxyl groups excluding tert-OH is 2. The van der Waals surface area contributed by atoms with Gasteiger partial charge in [0, 0.05) is 65.5 Å². The topological polar surface area (TPSA) is 110 Å². The van der Waals surface area contributed by atoms with Crippen LogP contribution in [0.4, 0.5) is 0 Å². The van der Waals surface area contributed by atoms with Gasteiger partial charge < -0.3 is 15.5 Å². The van der Waals surface area contributed by atoms with Crippen LogP contribution in [-0.4, -0.2) is 109 Å². The first kappa shape index (κ1) is 33.8. The smallest absolute Gasteiger partial charge is 0.0739 e. The summed E-state index contributed by atoms with van der Waals surface area (Å²) in [6, 6.07) is 4.97. The predicted octanol–water partition coefficient (Wildman–Crippen LogP) is 3.66. The Hall–Kier alpha value is -0.0500. The molecular weight excluding hydrogens is 621 g/mol. The number of aliphatic hydroxyl groups is 2. The average Bonchev–Trinajstić information content (AvgIpc) is 3.85. The van der Waals surface area contributed by atoms with E-state index in [0.717, 1.165) is 37.4 Å². The van der Waals surface area contributed by atoms with Gasteiger partial charge >= 0.3 is 0 Å². The molecule has 7 N–H and O–H groups in total. The molecule has 10 nitrogen and oxygen atoms in total. The fourth-order valence-electron chi connectivity index (χ4n) is 12.1. The lowest BCUT2D eigenvalue weighted by molar-refractivity contribution is -0.0786. The zero-order chi connectivity index (χ0) is 32.2. The van der Waals surface area contributed by atoms with Crippen LogP contribution in [0.1, 0.15) is 141 Å². The van der Waals surface area contributed by atoms with Gasteiger partial charge in [-0.2, -0.15) is 10.2 Å². The fourth-order valence-corrected chi connectivity index (χ4v) is 14.0. The lowest BCUT2D eigenvalue weighted by Crippen LogP contribution is -2.61. The summed E-state index contributed by atoms with van der Waals surface area (Å²) in [6.45, 7) is 0. The summed E-state index contributed by atoms with van der Waals surface area (Å²) >= 11 is 2.16. The Morgan fingerprint density at radius 1 is 0.500 bits per heavy atom. The molecule has 48 heavy (non-hydrogen) atoms. The van der Waals surface area contributed by atoms with Crippen molar-refractivity contribution in [1.82, 2.24) is 42.2 Å². The van der Waals surface area contributed by atoms with Crippen molar-refractivity contribution in [3.63, 3.8) is 0 Å². The Kier molecular flexibility index (Phi) is 10.4. The second-order valence-electron chi connectivity index (χ2n) is 17.6. The van der Waals surface area contributed by atoms with E-state index in [2.05, 4.69) is 53.9 Å². The van der Waals surface area contributed by atoms with E-state index in [9.17, 15) is 10.2 Å². The summed E-state index contributed by atoms with van der Waals surface area (Å²) in [7, 11) is 0. The summed E-state index contributed by atoms with van der Waals surface area (Å²) in [5.41, 5.74) is 15.2. The highest BCUT2D eigenvalue weighted by atomic mass is 32.2. The van der Waals surface area contributed by atoms with Crippen LogP contribution in [0.25, 0.3) is 0 Å². The molecule has 0 radical (unpaired) electrons. The summed E-state index contributed by atoms with van der Waals surface area (Å²) in [4.78, 5) is 2.90. The van der Waals surface area contributed by atoms with Gasteiger partial charge in [0.25, 0.3) is 0 Å². The average molecular weight is 687 g/mol. The molecule has 3 saturated heterocycles. The molecule has 9 rings (SSSR count). The first-order chi connectivity index (χ1) is 23.6. The molecule has 11 heteroatoms. The van der Waals surface area contributed by atoms with Crippen LogP contribution in [0.5, 0.6) is 0 Å². The van der Waals surface area contributed by atoms with Crippen LogP contribution >= 0.6 is 11.8 Å². The molecule has 6 aliphatic carbocycles. The van der Waals surface area contributed by atoms with Crippen molar-refractivity contribution in [2.24, 2.45) is 5.92 Å². The normalized spacial score (nSPS) is 50.7. The van der Waals surface area contributed by atoms with Gasteiger partial charge in [0.05, 0.1) is 23.6 Å². The maximum Gasteiger partial charge on any atom is 0.0739 e. The van der Waals surface area contributed by atoms with Crippen LogP contribution in [0.2, 0.25) is 0 Å². The second kappa shape index (κ2) is 14.8. The van der Waals surface area contributed by atoms with E-state index in [4.69, 9.17) is 0 Å². The van der Waals surface area contributed by atoms with Crippen LogP contribution in [0.3, 0.4) is 0 Å². The third-order valence-electron chi connectivity index (χ3n) is 14.8. The Morgan fingerprint density at radius 2 is 1.02 bits per heavy atom. The number of hydrogen-bond donors (Lipinski definition) is 7. The molecule has 13 unspecified atom stereocenters. The molecule has 272 valence electrons. The fraction of sp³-hybridized carbons (Fsp3) is 1.00. The maximum absolute atomic E-state index is 11.8. The van der Waals surface area contributed by atoms with Gasteiger partial charge in [-0.15, -0.1) is 11.8 Å². The Bertz CT molecular complexity index is 986. The summed E-state index contributed by atoms with van der Waals surface area (Å²) < 4.78 is 0. The van der Waals surface area contributed by atoms with Crippen molar-refractivity contribution >= 4 is 11.8 Å². The van der Waals surface area contributed by atoms with Crippen molar-refractivity contribution in [3.8, 4) is 0 Å². The van der Waals surface area contributed by atoms with Crippen molar-refractivity contribution in [1.29, 1.82) is 0 Å². The monoisotopic (exact) mass is 687 g/mol. The van der Waals surface area contributed by atoms with Crippen LogP contribution < -0.4 is 27.0 Å². The molecular formula is C37H66N8O2S. The van der Waals surface area contributed by atoms with Crippen LogP contribution in [0, 0.1) is 5.92 Å². The minimum atomic E-state index is -0.340. The third kappa shape index (κ3) is 6.79. The molecule has 3 heterocycles. The van der Waals surface area contributed by atoms with E-state index in [1.165, 1.54) is 109 Å². The molecule has 3 aliphatic heterocycles. The van der Waals surface area contributed by atoms with Gasteiger partial charge in [-0.3, -0.25) is 4.90 Å². The Morgan fingerprint density at radius 3 is 1.60 bits per heavy atom. The van der Waals surface area contributed by atoms with E-state index in [1.54, 1.807) is 0 Å². The highest BCUT2D eigenvalue weighted by Gasteiger charge is 2.48. The molecule has 0 aromatic carbocycles. The zero-order valence-electron chi connectivity index (χ0n) is 29.4. The first-order valence-corrected chi connectivity index (χ1v) is 21.7. The predicted molar refractivity (Wildman–Crippen MR) is 191 cm³/mol. The lowest BCUT2D eigenvalue weighted by atomic mass is 9.78. The number of thioether (sulfide) groups is 1. The van der Waals surface area contributed by atoms with Gasteiger partial charge in [-0.25, -0.2) is 21.7 Å². The molecule has 0 aromatic rings. The SMILES string of the molecule is OC1CC(N(C2CCC(N3NC4CCCCC4N3)CC2)C2CCC(N3NC4CCCCC4N3)C(O)C2)CCC1C1NC2CCCCC2S1. The maximum atomic E-state index is 11.8. The van der Waals surface area contributed by atoms with E-state index >= 15 is 0 Å². The number of nitrogens with one attached hydrogen (secondary N) is 5. The third-order valence-corrected chi connectivity index (χ3v) is 16.5. The molecule has 13 atom stereocenters. The zero-order valence-corrected chi connectivity index (χ0v) is 30.2. The summed E-state index contributed by atoms with van der Waals surface area (Å²) in [5, 5.41) is 33.4. The molecule has 0 amide bonds. The highest BCUT2D eigenvalue weighted by molar-refractivity contribution is 8.00. The van der Waals surface area contributed by atoms with Gasteiger partial charge in [-0.05, 0) is 103 Å². The van der Waals surface area contributed by atoms with E-state index in [1.807, 2.05) is 0 Å². The second-order valence-corrected chi connectivity index (χ2v) is 19.0. The van der Waals surface area contributed by atoms with E-state index < -0.39 is 0 Å². The van der Waals surface area contributed by atoms with Crippen LogP contribution in [-0.2, 0) is 0 Å². The highest BCUT2D eigenvalue weighted by Crippen LogP contribution is 2.45. The molecule has 9 fully saturated rings. The van der Waals surface area contributed by atoms with Gasteiger partial charge in [0.15, 0.2) is 0 Å². The molecule has 9 aliphatic rings. The molecule has 0 spiro atoms. The number of rotatable bonds is 6. The van der Waals surface area contributed by atoms with Crippen molar-refractivity contribution < 1.29 is 10.2 Å². The number of nitrogens with zero attached hydrogens (tertiary/aromatic N) is 3. The van der Waals surface area contributed by atoms with E-state index in [0.29, 0.717) is 65.7 Å². The summed E-state index contributed by atoms with van der Waals surface area (Å²) in [6.07, 6.45) is 26.3. The van der Waals surface area contributed by atoms with Gasteiger partial charge in [0.2, 0.25) is 0 Å². The Balaban J connectivity index is 0.866.